The molecule has 0 bridgehead atoms. The van der Waals surface area contributed by atoms with E-state index in [9.17, 15) is 4.79 Å². The first-order valence-corrected chi connectivity index (χ1v) is 10.7. The van der Waals surface area contributed by atoms with Crippen LogP contribution in [0.2, 0.25) is 0 Å². The van der Waals surface area contributed by atoms with Gasteiger partial charge in [0.15, 0.2) is 0 Å². The van der Waals surface area contributed by atoms with E-state index in [0.29, 0.717) is 0 Å². The summed E-state index contributed by atoms with van der Waals surface area (Å²) in [5.74, 6) is 0.776. The molecule has 6 nitrogen and oxygen atoms in total. The Labute approximate surface area is 184 Å². The number of benzene rings is 2. The quantitative estimate of drug-likeness (QED) is 0.648. The zero-order valence-electron chi connectivity index (χ0n) is 19.3. The minimum atomic E-state index is -0.371. The molecule has 1 saturated heterocycles. The Morgan fingerprint density at radius 1 is 1.06 bits per heavy atom. The number of hydrogen-bond acceptors (Lipinski definition) is 4. The maximum Gasteiger partial charge on any atom is 0.494 e. The first-order chi connectivity index (χ1) is 14.5. The highest BCUT2D eigenvalue weighted by Gasteiger charge is 2.51. The third kappa shape index (κ3) is 3.88. The van der Waals surface area contributed by atoms with Gasteiger partial charge in [0.25, 0.3) is 0 Å². The Morgan fingerprint density at radius 3 is 2.32 bits per heavy atom. The van der Waals surface area contributed by atoms with Crippen LogP contribution < -0.4 is 5.46 Å². The number of nitrogens with zero attached hydrogens (tertiary/aromatic N) is 2. The lowest BCUT2D eigenvalue weighted by Gasteiger charge is -2.32. The lowest BCUT2D eigenvalue weighted by molar-refractivity contribution is -0.129. The number of nitrogens with one attached hydrogen (secondary N) is 1. The zero-order valence-corrected chi connectivity index (χ0v) is 19.3. The average molecular weight is 419 g/mol. The first-order valence-electron chi connectivity index (χ1n) is 10.7. The Bertz CT molecular complexity index is 1120. The van der Waals surface area contributed by atoms with Crippen LogP contribution in [0.4, 0.5) is 0 Å². The van der Waals surface area contributed by atoms with Crippen LogP contribution in [0.25, 0.3) is 22.0 Å². The predicted octanol–water partition coefficient (Wildman–Crippen LogP) is 4.07. The summed E-state index contributed by atoms with van der Waals surface area (Å²) in [6.07, 6.45) is 1.82. The normalized spacial score (nSPS) is 18.4. The molecule has 1 fully saturated rings. The van der Waals surface area contributed by atoms with Crippen molar-refractivity contribution < 1.29 is 14.1 Å². The van der Waals surface area contributed by atoms with Crippen molar-refractivity contribution in [1.82, 2.24) is 14.9 Å². The van der Waals surface area contributed by atoms with Crippen molar-refractivity contribution in [2.45, 2.75) is 58.8 Å². The molecule has 1 unspecified atom stereocenters. The van der Waals surface area contributed by atoms with E-state index in [1.54, 1.807) is 18.9 Å². The molecule has 162 valence electrons. The van der Waals surface area contributed by atoms with Gasteiger partial charge in [-0.15, -0.1) is 0 Å². The molecule has 1 aliphatic heterocycles. The van der Waals surface area contributed by atoms with Crippen LogP contribution in [-0.4, -0.2) is 46.1 Å². The molecular formula is C24H30BN3O3. The lowest BCUT2D eigenvalue weighted by atomic mass is 9.78. The summed E-state index contributed by atoms with van der Waals surface area (Å²) in [4.78, 5) is 21.2. The third-order valence-electron chi connectivity index (χ3n) is 6.77. The van der Waals surface area contributed by atoms with Crippen LogP contribution in [0.15, 0.2) is 42.6 Å². The largest absolute Gasteiger partial charge is 0.494 e. The second-order valence-electron chi connectivity index (χ2n) is 9.40. The molecule has 2 aromatic carbocycles. The van der Waals surface area contributed by atoms with Crippen molar-refractivity contribution >= 4 is 29.3 Å². The lowest BCUT2D eigenvalue weighted by Crippen LogP contribution is -2.41. The molecule has 4 rings (SSSR count). The van der Waals surface area contributed by atoms with Crippen LogP contribution in [0.1, 0.15) is 53.4 Å². The SMILES string of the molecule is CC(=O)N(C)C(C)c1ncc(-c2ccc3cc(B4OC(C)(C)C(C)(C)O4)ccc3c2)[nH]1. The standard InChI is InChI=1S/C24H30BN3O3/c1-15(28(7)16(2)29)22-26-14-21(27-22)19-9-8-18-13-20(11-10-17(18)12-19)25-30-23(3,4)24(5,6)31-25/h8-15H,1-7H3,(H,26,27). The van der Waals surface area contributed by atoms with E-state index in [1.165, 1.54) is 0 Å². The maximum absolute atomic E-state index is 11.6. The topological polar surface area (TPSA) is 67.5 Å². The molecule has 2 heterocycles. The van der Waals surface area contributed by atoms with Gasteiger partial charge in [-0.05, 0) is 56.9 Å². The van der Waals surface area contributed by atoms with Crippen molar-refractivity contribution in [1.29, 1.82) is 0 Å². The third-order valence-corrected chi connectivity index (χ3v) is 6.77. The van der Waals surface area contributed by atoms with E-state index in [1.807, 2.05) is 13.1 Å². The highest BCUT2D eigenvalue weighted by Crippen LogP contribution is 2.36. The highest BCUT2D eigenvalue weighted by atomic mass is 16.7. The fourth-order valence-electron chi connectivity index (χ4n) is 3.71. The van der Waals surface area contributed by atoms with Crippen molar-refractivity contribution in [2.75, 3.05) is 7.05 Å². The second kappa shape index (κ2) is 7.50. The molecule has 1 aromatic heterocycles. The number of aromatic amines is 1. The van der Waals surface area contributed by atoms with Gasteiger partial charge in [0.2, 0.25) is 5.91 Å². The molecule has 1 atom stereocenters. The minimum Gasteiger partial charge on any atom is -0.399 e. The molecule has 7 heteroatoms. The number of imidazole rings is 1. The summed E-state index contributed by atoms with van der Waals surface area (Å²) in [5, 5.41) is 2.25. The van der Waals surface area contributed by atoms with Gasteiger partial charge in [-0.2, -0.15) is 0 Å². The molecule has 1 amide bonds. The van der Waals surface area contributed by atoms with Crippen LogP contribution >= 0.6 is 0 Å². The van der Waals surface area contributed by atoms with E-state index < -0.39 is 0 Å². The van der Waals surface area contributed by atoms with Crippen molar-refractivity contribution in [3.63, 3.8) is 0 Å². The summed E-state index contributed by atoms with van der Waals surface area (Å²) in [6, 6.07) is 12.5. The first kappa shape index (κ1) is 21.6. The van der Waals surface area contributed by atoms with Crippen molar-refractivity contribution in [2.24, 2.45) is 0 Å². The van der Waals surface area contributed by atoms with Crippen LogP contribution in [0.3, 0.4) is 0 Å². The van der Waals surface area contributed by atoms with Crippen LogP contribution in [0.5, 0.6) is 0 Å². The minimum absolute atomic E-state index is 0.00829. The molecule has 31 heavy (non-hydrogen) atoms. The van der Waals surface area contributed by atoms with Gasteiger partial charge >= 0.3 is 7.12 Å². The Kier molecular flexibility index (Phi) is 5.22. The molecule has 0 spiro atoms. The van der Waals surface area contributed by atoms with Crippen molar-refractivity contribution in [3.05, 3.63) is 48.4 Å². The second-order valence-corrected chi connectivity index (χ2v) is 9.40. The zero-order chi connectivity index (χ0) is 22.6. The monoisotopic (exact) mass is 419 g/mol. The van der Waals surface area contributed by atoms with E-state index >= 15 is 0 Å². The summed E-state index contributed by atoms with van der Waals surface area (Å²) in [6.45, 7) is 11.8. The van der Waals surface area contributed by atoms with E-state index in [4.69, 9.17) is 9.31 Å². The number of carbonyl (C=O) groups excluding carboxylic acids is 1. The Hall–Kier alpha value is -2.64. The van der Waals surface area contributed by atoms with Gasteiger partial charge in [-0.1, -0.05) is 30.3 Å². The average Bonchev–Trinajstić information content (AvgIpc) is 3.28. The number of rotatable bonds is 4. The number of carbonyl (C=O) groups is 1. The molecular weight excluding hydrogens is 389 g/mol. The number of H-pyrrole nitrogens is 1. The van der Waals surface area contributed by atoms with Gasteiger partial charge in [0.05, 0.1) is 29.1 Å². The molecule has 0 aliphatic carbocycles. The fourth-order valence-corrected chi connectivity index (χ4v) is 3.71. The predicted molar refractivity (Wildman–Crippen MR) is 124 cm³/mol. The summed E-state index contributed by atoms with van der Waals surface area (Å²) < 4.78 is 12.4. The van der Waals surface area contributed by atoms with Gasteiger partial charge < -0.3 is 19.2 Å². The van der Waals surface area contributed by atoms with E-state index in [-0.39, 0.29) is 30.3 Å². The summed E-state index contributed by atoms with van der Waals surface area (Å²) in [7, 11) is 1.41. The fraction of sp³-hybridized carbons (Fsp3) is 0.417. The number of aromatic nitrogens is 2. The van der Waals surface area contributed by atoms with Gasteiger partial charge in [-0.25, -0.2) is 4.98 Å². The Balaban J connectivity index is 1.59. The maximum atomic E-state index is 11.6. The van der Waals surface area contributed by atoms with Crippen molar-refractivity contribution in [3.8, 4) is 11.3 Å². The molecule has 0 radical (unpaired) electrons. The summed E-state index contributed by atoms with van der Waals surface area (Å²) in [5.41, 5.74) is 2.28. The van der Waals surface area contributed by atoms with Crippen LogP contribution in [0, 0.1) is 0 Å². The van der Waals surface area contributed by atoms with E-state index in [0.717, 1.165) is 33.3 Å². The Morgan fingerprint density at radius 2 is 1.68 bits per heavy atom. The molecule has 3 aromatic rings. The molecule has 1 aliphatic rings. The summed E-state index contributed by atoms with van der Waals surface area (Å²) >= 11 is 0. The molecule has 0 saturated carbocycles. The van der Waals surface area contributed by atoms with E-state index in [2.05, 4.69) is 74.1 Å². The number of fused-ring (bicyclic) bond motifs is 1. The number of amides is 1. The van der Waals surface area contributed by atoms with Gasteiger partial charge in [-0.3, -0.25) is 4.79 Å². The smallest absolute Gasteiger partial charge is 0.399 e. The van der Waals surface area contributed by atoms with Gasteiger partial charge in [0.1, 0.15) is 5.82 Å². The van der Waals surface area contributed by atoms with Gasteiger partial charge in [0, 0.05) is 19.5 Å². The van der Waals surface area contributed by atoms with Crippen LogP contribution in [-0.2, 0) is 14.1 Å². The molecule has 1 N–H and O–H groups in total. The number of hydrogen-bond donors (Lipinski definition) is 1. The highest BCUT2D eigenvalue weighted by molar-refractivity contribution is 6.62.